The predicted molar refractivity (Wildman–Crippen MR) is 60.5 cm³/mol. The maximum atomic E-state index is 12.2. The zero-order chi connectivity index (χ0) is 10.8. The van der Waals surface area contributed by atoms with Gasteiger partial charge in [-0.05, 0) is 31.7 Å². The van der Waals surface area contributed by atoms with Crippen LogP contribution in [0.1, 0.15) is 33.1 Å². The van der Waals surface area contributed by atoms with E-state index in [2.05, 4.69) is 24.1 Å². The molecule has 2 unspecified atom stereocenters. The van der Waals surface area contributed by atoms with Gasteiger partial charge in [-0.15, -0.1) is 0 Å². The molecule has 86 valence electrons. The summed E-state index contributed by atoms with van der Waals surface area (Å²) in [6, 6.07) is 0.507. The number of carbonyl (C=O) groups is 1. The fraction of sp³-hybridized carbons (Fsp3) is 0.917. The molecule has 3 nitrogen and oxygen atoms in total. The summed E-state index contributed by atoms with van der Waals surface area (Å²) in [5.41, 5.74) is 0. The van der Waals surface area contributed by atoms with E-state index in [0.29, 0.717) is 17.9 Å². The maximum absolute atomic E-state index is 12.2. The molecule has 0 saturated carbocycles. The molecule has 2 aliphatic heterocycles. The number of nitrogens with one attached hydrogen (secondary N) is 1. The highest BCUT2D eigenvalue weighted by Gasteiger charge is 2.35. The summed E-state index contributed by atoms with van der Waals surface area (Å²) in [6.45, 7) is 7.32. The Balaban J connectivity index is 1.99. The third kappa shape index (κ3) is 2.17. The van der Waals surface area contributed by atoms with Crippen molar-refractivity contribution in [3.63, 3.8) is 0 Å². The molecule has 2 saturated heterocycles. The Morgan fingerprint density at radius 2 is 2.33 bits per heavy atom. The van der Waals surface area contributed by atoms with Gasteiger partial charge in [-0.3, -0.25) is 4.79 Å². The molecule has 0 aromatic heterocycles. The molecule has 2 fully saturated rings. The van der Waals surface area contributed by atoms with Crippen molar-refractivity contribution in [1.82, 2.24) is 10.2 Å². The van der Waals surface area contributed by atoms with Gasteiger partial charge in [-0.25, -0.2) is 0 Å². The van der Waals surface area contributed by atoms with Crippen molar-refractivity contribution in [2.75, 3.05) is 19.6 Å². The number of amides is 1. The van der Waals surface area contributed by atoms with E-state index < -0.39 is 0 Å². The van der Waals surface area contributed by atoms with E-state index in [0.717, 1.165) is 32.5 Å². The van der Waals surface area contributed by atoms with Crippen LogP contribution in [0.5, 0.6) is 0 Å². The Hall–Kier alpha value is -0.570. The topological polar surface area (TPSA) is 32.3 Å². The third-order valence-electron chi connectivity index (χ3n) is 3.79. The van der Waals surface area contributed by atoms with Crippen molar-refractivity contribution < 1.29 is 4.79 Å². The second-order valence-electron chi connectivity index (χ2n) is 5.08. The van der Waals surface area contributed by atoms with Crippen LogP contribution in [0.15, 0.2) is 0 Å². The molecular formula is C12H22N2O. The first-order valence-corrected chi connectivity index (χ1v) is 6.23. The van der Waals surface area contributed by atoms with Crippen LogP contribution in [-0.2, 0) is 4.79 Å². The first kappa shape index (κ1) is 10.9. The molecule has 0 spiro atoms. The highest BCUT2D eigenvalue weighted by atomic mass is 16.2. The lowest BCUT2D eigenvalue weighted by Crippen LogP contribution is -2.40. The van der Waals surface area contributed by atoms with Gasteiger partial charge in [-0.1, -0.05) is 13.8 Å². The molecule has 0 aliphatic carbocycles. The minimum Gasteiger partial charge on any atom is -0.339 e. The Morgan fingerprint density at radius 3 is 2.93 bits per heavy atom. The van der Waals surface area contributed by atoms with Gasteiger partial charge in [0.15, 0.2) is 0 Å². The van der Waals surface area contributed by atoms with Gasteiger partial charge in [0.1, 0.15) is 0 Å². The Bertz CT molecular complexity index is 236. The molecule has 3 atom stereocenters. The van der Waals surface area contributed by atoms with Crippen LogP contribution in [0, 0.1) is 11.8 Å². The summed E-state index contributed by atoms with van der Waals surface area (Å²) in [5, 5.41) is 3.27. The summed E-state index contributed by atoms with van der Waals surface area (Å²) in [5.74, 6) is 1.34. The van der Waals surface area contributed by atoms with E-state index >= 15 is 0 Å². The van der Waals surface area contributed by atoms with Crippen LogP contribution in [0.2, 0.25) is 0 Å². The summed E-state index contributed by atoms with van der Waals surface area (Å²) >= 11 is 0. The number of hydrogen-bond acceptors (Lipinski definition) is 2. The lowest BCUT2D eigenvalue weighted by atomic mass is 10.1. The molecule has 2 heterocycles. The number of likely N-dealkylation sites (tertiary alicyclic amines) is 1. The fourth-order valence-electron chi connectivity index (χ4n) is 2.91. The van der Waals surface area contributed by atoms with Crippen molar-refractivity contribution >= 4 is 5.91 Å². The minimum atomic E-state index is 0.254. The summed E-state index contributed by atoms with van der Waals surface area (Å²) in [4.78, 5) is 14.4. The zero-order valence-electron chi connectivity index (χ0n) is 9.83. The quantitative estimate of drug-likeness (QED) is 0.744. The van der Waals surface area contributed by atoms with E-state index in [1.807, 2.05) is 0 Å². The lowest BCUT2D eigenvalue weighted by Gasteiger charge is -2.26. The van der Waals surface area contributed by atoms with Crippen molar-refractivity contribution in [2.45, 2.75) is 39.2 Å². The van der Waals surface area contributed by atoms with Gasteiger partial charge in [-0.2, -0.15) is 0 Å². The predicted octanol–water partition coefficient (Wildman–Crippen LogP) is 1.24. The van der Waals surface area contributed by atoms with E-state index in [4.69, 9.17) is 0 Å². The number of carbonyl (C=O) groups excluding carboxylic acids is 1. The Kier molecular flexibility index (Phi) is 3.29. The monoisotopic (exact) mass is 210 g/mol. The Morgan fingerprint density at radius 1 is 1.53 bits per heavy atom. The highest BCUT2D eigenvalue weighted by Crippen LogP contribution is 2.27. The molecule has 0 aromatic rings. The third-order valence-corrected chi connectivity index (χ3v) is 3.79. The van der Waals surface area contributed by atoms with Crippen LogP contribution < -0.4 is 5.32 Å². The van der Waals surface area contributed by atoms with E-state index in [1.54, 1.807) is 0 Å². The normalized spacial score (nSPS) is 36.1. The first-order valence-electron chi connectivity index (χ1n) is 6.23. The van der Waals surface area contributed by atoms with Crippen molar-refractivity contribution in [1.29, 1.82) is 0 Å². The molecule has 0 aromatic carbocycles. The van der Waals surface area contributed by atoms with E-state index in [1.165, 1.54) is 6.42 Å². The van der Waals surface area contributed by atoms with Crippen LogP contribution >= 0.6 is 0 Å². The fourth-order valence-corrected chi connectivity index (χ4v) is 2.91. The van der Waals surface area contributed by atoms with Crippen molar-refractivity contribution in [2.24, 2.45) is 11.8 Å². The SMILES string of the molecule is CCC1CC(C)CN1C(=O)[C@@H]1CCNC1. The summed E-state index contributed by atoms with van der Waals surface area (Å²) in [7, 11) is 0. The molecule has 15 heavy (non-hydrogen) atoms. The standard InChI is InChI=1S/C12H22N2O/c1-3-11-6-9(2)8-14(11)12(15)10-4-5-13-7-10/h9-11,13H,3-8H2,1-2H3/t9?,10-,11?/m1/s1. The average Bonchev–Trinajstić information content (AvgIpc) is 2.84. The van der Waals surface area contributed by atoms with Crippen LogP contribution in [-0.4, -0.2) is 36.5 Å². The Labute approximate surface area is 92.2 Å². The average molecular weight is 210 g/mol. The second-order valence-corrected chi connectivity index (χ2v) is 5.08. The molecule has 2 rings (SSSR count). The minimum absolute atomic E-state index is 0.254. The maximum Gasteiger partial charge on any atom is 0.227 e. The van der Waals surface area contributed by atoms with Gasteiger partial charge < -0.3 is 10.2 Å². The summed E-state index contributed by atoms with van der Waals surface area (Å²) < 4.78 is 0. The number of nitrogens with zero attached hydrogens (tertiary/aromatic N) is 1. The van der Waals surface area contributed by atoms with Crippen molar-refractivity contribution in [3.05, 3.63) is 0 Å². The first-order chi connectivity index (χ1) is 7.22. The van der Waals surface area contributed by atoms with Gasteiger partial charge >= 0.3 is 0 Å². The van der Waals surface area contributed by atoms with Gasteiger partial charge in [0.25, 0.3) is 0 Å². The molecular weight excluding hydrogens is 188 g/mol. The largest absolute Gasteiger partial charge is 0.339 e. The zero-order valence-corrected chi connectivity index (χ0v) is 9.83. The lowest BCUT2D eigenvalue weighted by molar-refractivity contribution is -0.135. The number of hydrogen-bond donors (Lipinski definition) is 1. The van der Waals surface area contributed by atoms with E-state index in [9.17, 15) is 4.79 Å². The molecule has 1 amide bonds. The molecule has 1 N–H and O–H groups in total. The van der Waals surface area contributed by atoms with Crippen molar-refractivity contribution in [3.8, 4) is 0 Å². The molecule has 0 bridgehead atoms. The number of rotatable bonds is 2. The van der Waals surface area contributed by atoms with E-state index in [-0.39, 0.29) is 5.92 Å². The van der Waals surface area contributed by atoms with Gasteiger partial charge in [0.2, 0.25) is 5.91 Å². The molecule has 2 aliphatic rings. The second kappa shape index (κ2) is 4.52. The smallest absolute Gasteiger partial charge is 0.227 e. The summed E-state index contributed by atoms with van der Waals surface area (Å²) in [6.07, 6.45) is 3.33. The van der Waals surface area contributed by atoms with Gasteiger partial charge in [0.05, 0.1) is 5.92 Å². The molecule has 3 heteroatoms. The van der Waals surface area contributed by atoms with Gasteiger partial charge in [0, 0.05) is 19.1 Å². The van der Waals surface area contributed by atoms with Crippen LogP contribution in [0.3, 0.4) is 0 Å². The molecule has 0 radical (unpaired) electrons. The van der Waals surface area contributed by atoms with Crippen LogP contribution in [0.25, 0.3) is 0 Å². The van der Waals surface area contributed by atoms with Crippen LogP contribution in [0.4, 0.5) is 0 Å². The highest BCUT2D eigenvalue weighted by molar-refractivity contribution is 5.80.